The quantitative estimate of drug-likeness (QED) is 0.680. The average molecular weight is 227 g/mol. The number of nitrogens with zero attached hydrogens (tertiary/aromatic N) is 1. The lowest BCUT2D eigenvalue weighted by molar-refractivity contribution is -0.149. The maximum atomic E-state index is 11.2. The Balaban J connectivity index is 1.93. The molecule has 3 rings (SSSR count). The Morgan fingerprint density at radius 3 is 2.62 bits per heavy atom. The molecule has 16 heavy (non-hydrogen) atoms. The summed E-state index contributed by atoms with van der Waals surface area (Å²) in [5.74, 6) is -0.0867. The van der Waals surface area contributed by atoms with Gasteiger partial charge in [0.15, 0.2) is 0 Å². The van der Waals surface area contributed by atoms with Crippen LogP contribution in [0, 0.1) is 5.41 Å². The molecule has 0 aromatic rings. The standard InChI is InChI=1S/C12H21NO3/c1-15-10-9-12(4-3-11(14)16-2)5-7-13(10)8-6-12/h10H,3-9H2,1-2H3. The van der Waals surface area contributed by atoms with Crippen molar-refractivity contribution in [1.29, 1.82) is 0 Å². The second-order valence-corrected chi connectivity index (χ2v) is 5.01. The SMILES string of the molecule is COC(=O)CCC12CCN(CC1)C(OC)C2. The van der Waals surface area contributed by atoms with Crippen molar-refractivity contribution in [3.8, 4) is 0 Å². The number of piperidine rings is 3. The molecule has 4 nitrogen and oxygen atoms in total. The van der Waals surface area contributed by atoms with Gasteiger partial charge in [-0.3, -0.25) is 9.69 Å². The maximum absolute atomic E-state index is 11.2. The van der Waals surface area contributed by atoms with E-state index in [4.69, 9.17) is 9.47 Å². The Hall–Kier alpha value is -0.610. The summed E-state index contributed by atoms with van der Waals surface area (Å²) in [6, 6.07) is 0. The first kappa shape index (κ1) is 11.9. The van der Waals surface area contributed by atoms with Gasteiger partial charge in [0.2, 0.25) is 0 Å². The summed E-state index contributed by atoms with van der Waals surface area (Å²) in [5.41, 5.74) is 0.323. The number of ether oxygens (including phenoxy) is 2. The zero-order chi connectivity index (χ0) is 11.6. The maximum Gasteiger partial charge on any atom is 0.305 e. The molecule has 0 aliphatic carbocycles. The summed E-state index contributed by atoms with van der Waals surface area (Å²) < 4.78 is 10.2. The highest BCUT2D eigenvalue weighted by molar-refractivity contribution is 5.69. The van der Waals surface area contributed by atoms with E-state index in [0.717, 1.165) is 25.9 Å². The predicted octanol–water partition coefficient (Wildman–Crippen LogP) is 1.40. The minimum atomic E-state index is -0.0867. The van der Waals surface area contributed by atoms with Crippen LogP contribution >= 0.6 is 0 Å². The molecule has 0 amide bonds. The van der Waals surface area contributed by atoms with Gasteiger partial charge >= 0.3 is 5.97 Å². The Labute approximate surface area is 96.9 Å². The van der Waals surface area contributed by atoms with Crippen LogP contribution in [0.15, 0.2) is 0 Å². The van der Waals surface area contributed by atoms with Crippen LogP contribution in [0.2, 0.25) is 0 Å². The van der Waals surface area contributed by atoms with Gasteiger partial charge in [-0.1, -0.05) is 0 Å². The van der Waals surface area contributed by atoms with Crippen molar-refractivity contribution in [2.75, 3.05) is 27.3 Å². The van der Waals surface area contributed by atoms with Gasteiger partial charge in [0.05, 0.1) is 7.11 Å². The third-order valence-electron chi connectivity index (χ3n) is 4.23. The lowest BCUT2D eigenvalue weighted by Gasteiger charge is -2.52. The van der Waals surface area contributed by atoms with E-state index in [2.05, 4.69) is 4.90 Å². The Bertz CT molecular complexity index is 259. The van der Waals surface area contributed by atoms with Crippen molar-refractivity contribution in [2.24, 2.45) is 5.41 Å². The molecule has 92 valence electrons. The van der Waals surface area contributed by atoms with Gasteiger partial charge in [0.25, 0.3) is 0 Å². The van der Waals surface area contributed by atoms with Crippen molar-refractivity contribution in [1.82, 2.24) is 4.90 Å². The Kier molecular flexibility index (Phi) is 3.50. The first-order chi connectivity index (χ1) is 7.69. The van der Waals surface area contributed by atoms with Gasteiger partial charge in [0.1, 0.15) is 6.23 Å². The van der Waals surface area contributed by atoms with E-state index in [0.29, 0.717) is 11.8 Å². The summed E-state index contributed by atoms with van der Waals surface area (Å²) in [6.07, 6.45) is 5.23. The fourth-order valence-corrected chi connectivity index (χ4v) is 3.04. The summed E-state index contributed by atoms with van der Waals surface area (Å²) >= 11 is 0. The summed E-state index contributed by atoms with van der Waals surface area (Å²) in [6.45, 7) is 2.22. The topological polar surface area (TPSA) is 38.8 Å². The van der Waals surface area contributed by atoms with Crippen LogP contribution in [0.5, 0.6) is 0 Å². The zero-order valence-electron chi connectivity index (χ0n) is 10.2. The van der Waals surface area contributed by atoms with Gasteiger partial charge in [-0.25, -0.2) is 0 Å². The van der Waals surface area contributed by atoms with Crippen LogP contribution in [0.4, 0.5) is 0 Å². The van der Waals surface area contributed by atoms with Crippen LogP contribution in [-0.2, 0) is 14.3 Å². The summed E-state index contributed by atoms with van der Waals surface area (Å²) in [4.78, 5) is 13.6. The lowest BCUT2D eigenvalue weighted by Crippen LogP contribution is -2.54. The molecule has 4 heteroatoms. The molecule has 0 saturated carbocycles. The molecule has 3 fully saturated rings. The van der Waals surface area contributed by atoms with Gasteiger partial charge < -0.3 is 9.47 Å². The third-order valence-corrected chi connectivity index (χ3v) is 4.23. The number of hydrogen-bond donors (Lipinski definition) is 0. The highest BCUT2D eigenvalue weighted by Crippen LogP contribution is 2.46. The van der Waals surface area contributed by atoms with Crippen LogP contribution in [0.25, 0.3) is 0 Å². The van der Waals surface area contributed by atoms with Crippen LogP contribution in [0.3, 0.4) is 0 Å². The molecule has 3 aliphatic rings. The molecule has 3 heterocycles. The molecule has 1 atom stereocenters. The van der Waals surface area contributed by atoms with E-state index in [1.165, 1.54) is 20.0 Å². The Morgan fingerprint density at radius 1 is 1.38 bits per heavy atom. The molecule has 0 radical (unpaired) electrons. The number of hydrogen-bond acceptors (Lipinski definition) is 4. The normalized spacial score (nSPS) is 37.4. The van der Waals surface area contributed by atoms with Gasteiger partial charge in [-0.15, -0.1) is 0 Å². The van der Waals surface area contributed by atoms with Gasteiger partial charge in [0, 0.05) is 26.6 Å². The van der Waals surface area contributed by atoms with Crippen LogP contribution in [-0.4, -0.2) is 44.4 Å². The van der Waals surface area contributed by atoms with Crippen molar-refractivity contribution in [2.45, 2.75) is 38.3 Å². The van der Waals surface area contributed by atoms with E-state index < -0.39 is 0 Å². The molecule has 3 saturated heterocycles. The number of rotatable bonds is 4. The molecular weight excluding hydrogens is 206 g/mol. The molecule has 0 spiro atoms. The van der Waals surface area contributed by atoms with Crippen molar-refractivity contribution < 1.29 is 14.3 Å². The molecule has 0 aromatic heterocycles. The smallest absolute Gasteiger partial charge is 0.305 e. The molecule has 1 unspecified atom stereocenters. The molecule has 3 aliphatic heterocycles. The Morgan fingerprint density at radius 2 is 2.06 bits per heavy atom. The molecular formula is C12H21NO3. The highest BCUT2D eigenvalue weighted by atomic mass is 16.5. The first-order valence-corrected chi connectivity index (χ1v) is 6.03. The monoisotopic (exact) mass is 227 g/mol. The van der Waals surface area contributed by atoms with E-state index in [1.807, 2.05) is 0 Å². The van der Waals surface area contributed by atoms with Gasteiger partial charge in [-0.2, -0.15) is 0 Å². The van der Waals surface area contributed by atoms with Crippen molar-refractivity contribution >= 4 is 5.97 Å². The summed E-state index contributed by atoms with van der Waals surface area (Å²) in [7, 11) is 3.24. The second-order valence-electron chi connectivity index (χ2n) is 5.01. The van der Waals surface area contributed by atoms with E-state index in [1.54, 1.807) is 7.11 Å². The van der Waals surface area contributed by atoms with E-state index in [-0.39, 0.29) is 12.2 Å². The molecule has 0 aromatic carbocycles. The van der Waals surface area contributed by atoms with Crippen molar-refractivity contribution in [3.05, 3.63) is 0 Å². The summed E-state index contributed by atoms with van der Waals surface area (Å²) in [5, 5.41) is 0. The highest BCUT2D eigenvalue weighted by Gasteiger charge is 2.44. The zero-order valence-corrected chi connectivity index (χ0v) is 10.2. The number of esters is 1. The van der Waals surface area contributed by atoms with E-state index >= 15 is 0 Å². The van der Waals surface area contributed by atoms with Gasteiger partial charge in [-0.05, 0) is 31.1 Å². The van der Waals surface area contributed by atoms with E-state index in [9.17, 15) is 4.79 Å². The molecule has 0 N–H and O–H groups in total. The number of carbonyl (C=O) groups excluding carboxylic acids is 1. The predicted molar refractivity (Wildman–Crippen MR) is 59.9 cm³/mol. The third kappa shape index (κ3) is 2.23. The average Bonchev–Trinajstić information content (AvgIpc) is 2.37. The molecule has 2 bridgehead atoms. The minimum absolute atomic E-state index is 0.0867. The fourth-order valence-electron chi connectivity index (χ4n) is 3.04. The van der Waals surface area contributed by atoms with Crippen LogP contribution < -0.4 is 0 Å². The number of methoxy groups -OCH3 is 2. The lowest BCUT2D eigenvalue weighted by atomic mass is 9.68. The minimum Gasteiger partial charge on any atom is -0.469 e. The second kappa shape index (κ2) is 4.72. The number of fused-ring (bicyclic) bond motifs is 3. The van der Waals surface area contributed by atoms with Crippen molar-refractivity contribution in [3.63, 3.8) is 0 Å². The van der Waals surface area contributed by atoms with Crippen LogP contribution in [0.1, 0.15) is 32.1 Å². The number of carbonyl (C=O) groups is 1. The largest absolute Gasteiger partial charge is 0.469 e. The first-order valence-electron chi connectivity index (χ1n) is 6.03. The fraction of sp³-hybridized carbons (Fsp3) is 0.917.